The Morgan fingerprint density at radius 3 is 1.70 bits per heavy atom. The second-order valence-electron chi connectivity index (χ2n) is 10.7. The average molecular weight is 564 g/mol. The first-order valence-electron chi connectivity index (χ1n) is 15.1. The Bertz CT molecular complexity index is 1720. The highest BCUT2D eigenvalue weighted by molar-refractivity contribution is 5.86. The van der Waals surface area contributed by atoms with Gasteiger partial charge in [0.15, 0.2) is 0 Å². The second kappa shape index (κ2) is 14.2. The van der Waals surface area contributed by atoms with Crippen LogP contribution >= 0.6 is 0 Å². The van der Waals surface area contributed by atoms with Crippen molar-refractivity contribution in [2.24, 2.45) is 5.73 Å². The minimum atomic E-state index is 0.792. The zero-order chi connectivity index (χ0) is 30.0. The SMILES string of the molecule is C/C=C\C(=C/N)c1cc(C2=CC=CNC2)cc(-c2cccc(-c3cc(C4=CC=CNC4)cc(C(/C=C\CC)=C/C)c3)c2)c1. The fraction of sp³-hybridized carbons (Fsp3) is 0.150. The van der Waals surface area contributed by atoms with Crippen molar-refractivity contribution in [3.63, 3.8) is 0 Å². The monoisotopic (exact) mass is 563 g/mol. The molecule has 4 N–H and O–H groups in total. The number of hydrogen-bond donors (Lipinski definition) is 3. The summed E-state index contributed by atoms with van der Waals surface area (Å²) in [7, 11) is 0. The minimum Gasteiger partial charge on any atom is -0.404 e. The summed E-state index contributed by atoms with van der Waals surface area (Å²) in [5.74, 6) is 0. The van der Waals surface area contributed by atoms with Crippen molar-refractivity contribution < 1.29 is 0 Å². The summed E-state index contributed by atoms with van der Waals surface area (Å²) in [6.07, 6.45) is 26.0. The van der Waals surface area contributed by atoms with Crippen LogP contribution < -0.4 is 16.4 Å². The third kappa shape index (κ3) is 7.07. The predicted octanol–water partition coefficient (Wildman–Crippen LogP) is 9.27. The Kier molecular flexibility index (Phi) is 9.76. The molecule has 2 aliphatic heterocycles. The van der Waals surface area contributed by atoms with E-state index in [1.165, 1.54) is 50.1 Å². The molecule has 216 valence electrons. The molecule has 0 saturated heterocycles. The molecule has 43 heavy (non-hydrogen) atoms. The molecule has 2 aliphatic rings. The Labute approximate surface area is 256 Å². The van der Waals surface area contributed by atoms with Gasteiger partial charge in [0, 0.05) is 19.3 Å². The second-order valence-corrected chi connectivity index (χ2v) is 10.7. The summed E-state index contributed by atoms with van der Waals surface area (Å²) in [6, 6.07) is 22.6. The highest BCUT2D eigenvalue weighted by atomic mass is 14.8. The molecule has 0 aliphatic carbocycles. The largest absolute Gasteiger partial charge is 0.404 e. The van der Waals surface area contributed by atoms with Gasteiger partial charge in [0.25, 0.3) is 0 Å². The van der Waals surface area contributed by atoms with Gasteiger partial charge in [0.2, 0.25) is 0 Å². The van der Waals surface area contributed by atoms with Crippen molar-refractivity contribution in [1.82, 2.24) is 10.6 Å². The van der Waals surface area contributed by atoms with Gasteiger partial charge < -0.3 is 16.4 Å². The minimum absolute atomic E-state index is 0.792. The summed E-state index contributed by atoms with van der Waals surface area (Å²) >= 11 is 0. The highest BCUT2D eigenvalue weighted by Gasteiger charge is 2.13. The lowest BCUT2D eigenvalue weighted by molar-refractivity contribution is 0.986. The van der Waals surface area contributed by atoms with E-state index in [0.717, 1.165) is 36.2 Å². The number of hydrogen-bond acceptors (Lipinski definition) is 3. The van der Waals surface area contributed by atoms with Gasteiger partial charge in [-0.25, -0.2) is 0 Å². The number of benzene rings is 3. The zero-order valence-electron chi connectivity index (χ0n) is 25.4. The molecule has 5 rings (SSSR count). The number of allylic oxidation sites excluding steroid dienone is 11. The maximum Gasteiger partial charge on any atom is 0.0401 e. The van der Waals surface area contributed by atoms with Crippen molar-refractivity contribution in [3.05, 3.63) is 156 Å². The van der Waals surface area contributed by atoms with E-state index in [2.05, 4.69) is 134 Å². The molecule has 0 unspecified atom stereocenters. The van der Waals surface area contributed by atoms with Gasteiger partial charge in [-0.15, -0.1) is 0 Å². The van der Waals surface area contributed by atoms with Gasteiger partial charge in [0.1, 0.15) is 0 Å². The summed E-state index contributed by atoms with van der Waals surface area (Å²) in [6.45, 7) is 7.91. The van der Waals surface area contributed by atoms with E-state index in [0.29, 0.717) is 0 Å². The first-order chi connectivity index (χ1) is 21.1. The summed E-state index contributed by atoms with van der Waals surface area (Å²) in [5, 5.41) is 6.72. The third-order valence-electron chi connectivity index (χ3n) is 7.78. The van der Waals surface area contributed by atoms with Crippen molar-refractivity contribution in [2.75, 3.05) is 13.1 Å². The molecule has 0 radical (unpaired) electrons. The zero-order valence-corrected chi connectivity index (χ0v) is 25.4. The van der Waals surface area contributed by atoms with Crippen LogP contribution in [0.4, 0.5) is 0 Å². The van der Waals surface area contributed by atoms with Gasteiger partial charge in [-0.05, 0) is 154 Å². The predicted molar refractivity (Wildman–Crippen MR) is 188 cm³/mol. The van der Waals surface area contributed by atoms with Gasteiger partial charge in [0.05, 0.1) is 0 Å². The van der Waals surface area contributed by atoms with Gasteiger partial charge in [-0.2, -0.15) is 0 Å². The summed E-state index contributed by atoms with van der Waals surface area (Å²) in [4.78, 5) is 0. The number of rotatable bonds is 9. The van der Waals surface area contributed by atoms with Crippen LogP contribution in [0.15, 0.2) is 134 Å². The van der Waals surface area contributed by atoms with Crippen molar-refractivity contribution in [3.8, 4) is 22.3 Å². The molecule has 0 amide bonds. The maximum absolute atomic E-state index is 6.09. The molecule has 3 heteroatoms. The lowest BCUT2D eigenvalue weighted by Crippen LogP contribution is -2.12. The van der Waals surface area contributed by atoms with E-state index in [9.17, 15) is 0 Å². The van der Waals surface area contributed by atoms with E-state index in [1.807, 2.05) is 25.4 Å². The first kappa shape index (κ1) is 29.5. The van der Waals surface area contributed by atoms with Crippen LogP contribution in [-0.2, 0) is 0 Å². The van der Waals surface area contributed by atoms with Crippen LogP contribution in [0.25, 0.3) is 44.5 Å². The number of dihydropyridines is 2. The smallest absolute Gasteiger partial charge is 0.0401 e. The van der Waals surface area contributed by atoms with Gasteiger partial charge in [-0.3, -0.25) is 0 Å². The van der Waals surface area contributed by atoms with Gasteiger partial charge in [-0.1, -0.05) is 67.7 Å². The standard InChI is InChI=1S/C40H41N3/c1-4-7-12-29(6-3)35-20-36(23-39(21-35)33-15-9-17-42-27-33)30-13-8-14-31(19-30)37-22-38(32(26-41)11-5-2)25-40(24-37)34-16-10-18-43-28-34/h5-26,42-43H,4,27-28,41H2,1-3H3/b11-5-,12-7-,29-6+,32-26+. The molecule has 3 nitrogen and oxygen atoms in total. The normalized spacial score (nSPS) is 15.4. The summed E-state index contributed by atoms with van der Waals surface area (Å²) in [5.41, 5.74) is 20.3. The molecule has 0 bridgehead atoms. The molecule has 0 spiro atoms. The van der Waals surface area contributed by atoms with Crippen LogP contribution in [0.2, 0.25) is 0 Å². The molecule has 0 atom stereocenters. The van der Waals surface area contributed by atoms with E-state index in [1.54, 1.807) is 6.20 Å². The van der Waals surface area contributed by atoms with Crippen molar-refractivity contribution >= 4 is 22.3 Å². The molecular formula is C40H41N3. The molecule has 0 aromatic heterocycles. The fourth-order valence-electron chi connectivity index (χ4n) is 5.52. The summed E-state index contributed by atoms with van der Waals surface area (Å²) < 4.78 is 0. The molecule has 3 aromatic rings. The van der Waals surface area contributed by atoms with Crippen molar-refractivity contribution in [1.29, 1.82) is 0 Å². The molecule has 3 aromatic carbocycles. The lowest BCUT2D eigenvalue weighted by atomic mass is 9.89. The Morgan fingerprint density at radius 1 is 0.698 bits per heavy atom. The van der Waals surface area contributed by atoms with E-state index < -0.39 is 0 Å². The van der Waals surface area contributed by atoms with Crippen LogP contribution in [0.5, 0.6) is 0 Å². The topological polar surface area (TPSA) is 50.1 Å². The van der Waals surface area contributed by atoms with Crippen LogP contribution in [0, 0.1) is 0 Å². The number of nitrogens with two attached hydrogens (primary N) is 1. The third-order valence-corrected chi connectivity index (χ3v) is 7.78. The fourth-order valence-corrected chi connectivity index (χ4v) is 5.52. The number of nitrogens with one attached hydrogen (secondary N) is 2. The molecule has 0 fully saturated rings. The van der Waals surface area contributed by atoms with E-state index >= 15 is 0 Å². The Balaban J connectivity index is 1.64. The quantitative estimate of drug-likeness (QED) is 0.227. The first-order valence-corrected chi connectivity index (χ1v) is 15.1. The van der Waals surface area contributed by atoms with Gasteiger partial charge >= 0.3 is 0 Å². The Hall–Kier alpha value is -5.02. The average Bonchev–Trinajstić information content (AvgIpc) is 3.08. The van der Waals surface area contributed by atoms with Crippen LogP contribution in [0.3, 0.4) is 0 Å². The lowest BCUT2D eigenvalue weighted by Gasteiger charge is -2.17. The highest BCUT2D eigenvalue weighted by Crippen LogP contribution is 2.34. The Morgan fingerprint density at radius 2 is 1.23 bits per heavy atom. The van der Waals surface area contributed by atoms with Crippen LogP contribution in [0.1, 0.15) is 49.4 Å². The van der Waals surface area contributed by atoms with E-state index in [-0.39, 0.29) is 0 Å². The maximum atomic E-state index is 6.09. The van der Waals surface area contributed by atoms with E-state index in [4.69, 9.17) is 5.73 Å². The molecular weight excluding hydrogens is 522 g/mol. The van der Waals surface area contributed by atoms with Crippen LogP contribution in [-0.4, -0.2) is 13.1 Å². The van der Waals surface area contributed by atoms with Crippen molar-refractivity contribution in [2.45, 2.75) is 27.2 Å². The molecule has 2 heterocycles. The molecule has 0 saturated carbocycles.